The molecule has 0 aromatic heterocycles. The minimum atomic E-state index is -1.33. The molecule has 0 heterocycles. The van der Waals surface area contributed by atoms with Crippen LogP contribution in [-0.4, -0.2) is 28.9 Å². The molecule has 0 bridgehead atoms. The molecule has 2 amide bonds. The minimum Gasteiger partial charge on any atom is -0.481 e. The molecule has 0 spiro atoms. The van der Waals surface area contributed by atoms with E-state index in [0.717, 1.165) is 5.56 Å². The molecular formula is C18H24N2O6. The van der Waals surface area contributed by atoms with Gasteiger partial charge in [-0.1, -0.05) is 26.0 Å². The van der Waals surface area contributed by atoms with E-state index in [9.17, 15) is 19.2 Å². The molecule has 26 heavy (non-hydrogen) atoms. The summed E-state index contributed by atoms with van der Waals surface area (Å²) in [4.78, 5) is 49.9. The first kappa shape index (κ1) is 21.1. The number of carbonyl (C=O) groups is 4. The first-order valence-electron chi connectivity index (χ1n) is 8.31. The SMILES string of the molecule is CCC(CC)(Cc1ccc(NC(C)=O)cc1)C(=O)NOC(=O)CC(=O)O. The lowest BCUT2D eigenvalue weighted by Crippen LogP contribution is -2.43. The molecule has 142 valence electrons. The fraction of sp³-hybridized carbons (Fsp3) is 0.444. The summed E-state index contributed by atoms with van der Waals surface area (Å²) in [5.74, 6) is -3.02. The summed E-state index contributed by atoms with van der Waals surface area (Å²) < 4.78 is 0. The Morgan fingerprint density at radius 2 is 1.65 bits per heavy atom. The van der Waals surface area contributed by atoms with Gasteiger partial charge in [-0.05, 0) is 37.0 Å². The van der Waals surface area contributed by atoms with Crippen LogP contribution < -0.4 is 10.8 Å². The molecular weight excluding hydrogens is 340 g/mol. The molecule has 8 nitrogen and oxygen atoms in total. The number of carboxylic acids is 1. The number of benzene rings is 1. The van der Waals surface area contributed by atoms with E-state index in [1.54, 1.807) is 12.1 Å². The number of nitrogens with one attached hydrogen (secondary N) is 2. The highest BCUT2D eigenvalue weighted by Crippen LogP contribution is 2.32. The molecule has 3 N–H and O–H groups in total. The quantitative estimate of drug-likeness (QED) is 0.479. The van der Waals surface area contributed by atoms with E-state index in [0.29, 0.717) is 24.9 Å². The smallest absolute Gasteiger partial charge is 0.343 e. The lowest BCUT2D eigenvalue weighted by Gasteiger charge is -2.29. The second kappa shape index (κ2) is 9.55. The summed E-state index contributed by atoms with van der Waals surface area (Å²) in [5, 5.41) is 11.2. The van der Waals surface area contributed by atoms with Crippen LogP contribution in [0.2, 0.25) is 0 Å². The highest BCUT2D eigenvalue weighted by molar-refractivity contribution is 5.91. The summed E-state index contributed by atoms with van der Waals surface area (Å²) in [7, 11) is 0. The maximum Gasteiger partial charge on any atom is 0.343 e. The molecule has 8 heteroatoms. The number of carboxylic acid groups (broad SMARTS) is 1. The third-order valence-corrected chi connectivity index (χ3v) is 4.21. The Morgan fingerprint density at radius 3 is 2.12 bits per heavy atom. The zero-order valence-corrected chi connectivity index (χ0v) is 15.1. The predicted octanol–water partition coefficient (Wildman–Crippen LogP) is 2.04. The normalized spacial score (nSPS) is 10.7. The molecule has 1 aromatic carbocycles. The standard InChI is InChI=1S/C18H24N2O6/c1-4-18(5-2,17(25)20-26-16(24)10-15(22)23)11-13-6-8-14(9-7-13)19-12(3)21/h6-9H,4-5,10-11H2,1-3H3,(H,19,21)(H,20,25)(H,22,23). The second-order valence-corrected chi connectivity index (χ2v) is 6.02. The Bertz CT molecular complexity index is 665. The van der Waals surface area contributed by atoms with Gasteiger partial charge in [0.25, 0.3) is 5.91 Å². The van der Waals surface area contributed by atoms with Crippen LogP contribution in [-0.2, 0) is 30.4 Å². The Kier molecular flexibility index (Phi) is 7.77. The summed E-state index contributed by atoms with van der Waals surface area (Å²) in [6, 6.07) is 7.12. The molecule has 0 atom stereocenters. The van der Waals surface area contributed by atoms with Crippen molar-refractivity contribution >= 4 is 29.4 Å². The van der Waals surface area contributed by atoms with Crippen molar-refractivity contribution in [1.82, 2.24) is 5.48 Å². The van der Waals surface area contributed by atoms with E-state index in [-0.39, 0.29) is 5.91 Å². The van der Waals surface area contributed by atoms with Crippen LogP contribution in [0.5, 0.6) is 0 Å². The number of hydroxylamine groups is 1. The van der Waals surface area contributed by atoms with Gasteiger partial charge in [-0.2, -0.15) is 5.48 Å². The number of hydrogen-bond donors (Lipinski definition) is 3. The molecule has 0 saturated carbocycles. The van der Waals surface area contributed by atoms with Gasteiger partial charge in [-0.3, -0.25) is 14.4 Å². The zero-order chi connectivity index (χ0) is 19.7. The molecule has 0 saturated heterocycles. The molecule has 0 aliphatic heterocycles. The Labute approximate surface area is 151 Å². The molecule has 0 aliphatic rings. The van der Waals surface area contributed by atoms with Gasteiger partial charge in [0.2, 0.25) is 5.91 Å². The van der Waals surface area contributed by atoms with Crippen LogP contribution in [0, 0.1) is 5.41 Å². The summed E-state index contributed by atoms with van der Waals surface area (Å²) in [6.07, 6.45) is 0.581. The van der Waals surface area contributed by atoms with E-state index in [4.69, 9.17) is 5.11 Å². The van der Waals surface area contributed by atoms with Crippen LogP contribution >= 0.6 is 0 Å². The highest BCUT2D eigenvalue weighted by Gasteiger charge is 2.36. The number of aliphatic carboxylic acids is 1. The van der Waals surface area contributed by atoms with Crippen molar-refractivity contribution in [2.75, 3.05) is 5.32 Å². The molecule has 0 fully saturated rings. The van der Waals surface area contributed by atoms with E-state index in [1.807, 2.05) is 26.0 Å². The lowest BCUT2D eigenvalue weighted by atomic mass is 9.76. The van der Waals surface area contributed by atoms with Crippen LogP contribution in [0.3, 0.4) is 0 Å². The van der Waals surface area contributed by atoms with Crippen LogP contribution in [0.15, 0.2) is 24.3 Å². The van der Waals surface area contributed by atoms with Gasteiger partial charge in [-0.25, -0.2) is 4.79 Å². The van der Waals surface area contributed by atoms with Gasteiger partial charge in [0.15, 0.2) is 0 Å². The van der Waals surface area contributed by atoms with E-state index < -0.39 is 29.7 Å². The predicted molar refractivity (Wildman–Crippen MR) is 94.0 cm³/mol. The van der Waals surface area contributed by atoms with Crippen LogP contribution in [0.4, 0.5) is 5.69 Å². The first-order chi connectivity index (χ1) is 12.2. The highest BCUT2D eigenvalue weighted by atomic mass is 16.7. The number of rotatable bonds is 8. The van der Waals surface area contributed by atoms with Crippen LogP contribution in [0.25, 0.3) is 0 Å². The molecule has 1 aromatic rings. The van der Waals surface area contributed by atoms with Gasteiger partial charge in [0.1, 0.15) is 6.42 Å². The Morgan fingerprint density at radius 1 is 1.08 bits per heavy atom. The van der Waals surface area contributed by atoms with Crippen molar-refractivity contribution in [2.45, 2.75) is 46.5 Å². The van der Waals surface area contributed by atoms with E-state index >= 15 is 0 Å². The van der Waals surface area contributed by atoms with E-state index in [2.05, 4.69) is 15.6 Å². The van der Waals surface area contributed by atoms with Crippen LogP contribution in [0.1, 0.15) is 45.6 Å². The van der Waals surface area contributed by atoms with E-state index in [1.165, 1.54) is 6.92 Å². The average Bonchev–Trinajstić information content (AvgIpc) is 2.58. The number of anilines is 1. The lowest BCUT2D eigenvalue weighted by molar-refractivity contribution is -0.165. The largest absolute Gasteiger partial charge is 0.481 e. The Hall–Kier alpha value is -2.90. The zero-order valence-electron chi connectivity index (χ0n) is 15.1. The first-order valence-corrected chi connectivity index (χ1v) is 8.31. The van der Waals surface area contributed by atoms with Gasteiger partial charge in [0.05, 0.1) is 5.41 Å². The maximum absolute atomic E-state index is 12.5. The van der Waals surface area contributed by atoms with Crippen molar-refractivity contribution in [2.24, 2.45) is 5.41 Å². The number of amides is 2. The Balaban J connectivity index is 2.81. The second-order valence-electron chi connectivity index (χ2n) is 6.02. The molecule has 0 aliphatic carbocycles. The molecule has 0 unspecified atom stereocenters. The van der Waals surface area contributed by atoms with Crippen molar-refractivity contribution in [3.8, 4) is 0 Å². The third-order valence-electron chi connectivity index (χ3n) is 4.21. The van der Waals surface area contributed by atoms with Gasteiger partial charge < -0.3 is 15.3 Å². The van der Waals surface area contributed by atoms with Gasteiger partial charge in [-0.15, -0.1) is 0 Å². The fourth-order valence-electron chi connectivity index (χ4n) is 2.57. The monoisotopic (exact) mass is 364 g/mol. The number of carbonyl (C=O) groups excluding carboxylic acids is 3. The topological polar surface area (TPSA) is 122 Å². The van der Waals surface area contributed by atoms with Crippen molar-refractivity contribution in [3.63, 3.8) is 0 Å². The minimum absolute atomic E-state index is 0.170. The number of hydrogen-bond acceptors (Lipinski definition) is 5. The fourth-order valence-corrected chi connectivity index (χ4v) is 2.57. The third kappa shape index (κ3) is 6.19. The summed E-state index contributed by atoms with van der Waals surface area (Å²) in [5.41, 5.74) is 2.82. The molecule has 0 radical (unpaired) electrons. The van der Waals surface area contributed by atoms with Crippen molar-refractivity contribution in [1.29, 1.82) is 0 Å². The van der Waals surface area contributed by atoms with Gasteiger partial charge >= 0.3 is 11.9 Å². The van der Waals surface area contributed by atoms with Crippen molar-refractivity contribution in [3.05, 3.63) is 29.8 Å². The maximum atomic E-state index is 12.5. The summed E-state index contributed by atoms with van der Waals surface area (Å²) in [6.45, 7) is 5.13. The molecule has 1 rings (SSSR count). The summed E-state index contributed by atoms with van der Waals surface area (Å²) >= 11 is 0. The van der Waals surface area contributed by atoms with Crippen molar-refractivity contribution < 1.29 is 29.1 Å². The van der Waals surface area contributed by atoms with Gasteiger partial charge in [0, 0.05) is 12.6 Å². The average molecular weight is 364 g/mol.